The molecule has 2 aromatic heterocycles. The molecule has 1 N–H and O–H groups in total. The van der Waals surface area contributed by atoms with Crippen molar-refractivity contribution in [1.29, 1.82) is 0 Å². The molecule has 0 aliphatic carbocycles. The van der Waals surface area contributed by atoms with Gasteiger partial charge >= 0.3 is 0 Å². The Labute approximate surface area is 205 Å². The van der Waals surface area contributed by atoms with Crippen LogP contribution in [0.15, 0.2) is 83.9 Å². The van der Waals surface area contributed by atoms with Gasteiger partial charge in [0.2, 0.25) is 5.95 Å². The lowest BCUT2D eigenvalue weighted by Crippen LogP contribution is -3.13. The first-order valence-electron chi connectivity index (χ1n) is 12.7. The number of nitrogens with one attached hydrogen (secondary N) is 1. The van der Waals surface area contributed by atoms with E-state index in [-0.39, 0.29) is 0 Å². The summed E-state index contributed by atoms with van der Waals surface area (Å²) in [6.45, 7) is 5.32. The van der Waals surface area contributed by atoms with E-state index in [2.05, 4.69) is 69.8 Å². The lowest BCUT2D eigenvalue weighted by molar-refractivity contribution is -0.905. The van der Waals surface area contributed by atoms with Gasteiger partial charge < -0.3 is 14.0 Å². The highest BCUT2D eigenvalue weighted by Gasteiger charge is 2.16. The van der Waals surface area contributed by atoms with Crippen molar-refractivity contribution in [2.45, 2.75) is 32.4 Å². The summed E-state index contributed by atoms with van der Waals surface area (Å²) in [4.78, 5) is 16.4. The maximum Gasteiger partial charge on any atom is 0.230 e. The minimum absolute atomic E-state index is 0.747. The Morgan fingerprint density at radius 1 is 0.743 bits per heavy atom. The Balaban J connectivity index is 1.35. The maximum atomic E-state index is 4.91. The Kier molecular flexibility index (Phi) is 6.11. The number of piperidine rings is 1. The number of aromatic nitrogens is 4. The van der Waals surface area contributed by atoms with E-state index < -0.39 is 0 Å². The second-order valence-electron chi connectivity index (χ2n) is 9.40. The number of para-hydroxylation sites is 4. The molecule has 5 aromatic rings. The molecule has 6 rings (SSSR count). The fraction of sp³-hybridized carbons (Fsp3) is 0.276. The summed E-state index contributed by atoms with van der Waals surface area (Å²) in [6.07, 6.45) is 5.93. The third-order valence-corrected chi connectivity index (χ3v) is 7.05. The zero-order chi connectivity index (χ0) is 23.5. The fourth-order valence-electron chi connectivity index (χ4n) is 5.19. The molecule has 0 amide bonds. The van der Waals surface area contributed by atoms with Gasteiger partial charge in [-0.05, 0) is 49.1 Å². The van der Waals surface area contributed by atoms with Gasteiger partial charge in [0.25, 0.3) is 0 Å². The molecular formula is C29H31N6+. The first-order valence-corrected chi connectivity index (χ1v) is 12.7. The zero-order valence-corrected chi connectivity index (χ0v) is 20.0. The molecule has 0 spiro atoms. The van der Waals surface area contributed by atoms with E-state index in [4.69, 9.17) is 15.0 Å². The van der Waals surface area contributed by atoms with Crippen LogP contribution >= 0.6 is 0 Å². The van der Waals surface area contributed by atoms with E-state index in [1.807, 2.05) is 24.4 Å². The molecule has 1 saturated heterocycles. The summed E-state index contributed by atoms with van der Waals surface area (Å²) in [7, 11) is 0. The predicted octanol–water partition coefficient (Wildman–Crippen LogP) is 4.25. The Morgan fingerprint density at radius 2 is 1.40 bits per heavy atom. The summed E-state index contributed by atoms with van der Waals surface area (Å²) in [5, 5.41) is 0. The Hall–Kier alpha value is -3.77. The number of imidazole rings is 2. The predicted molar refractivity (Wildman–Crippen MR) is 142 cm³/mol. The SMILES string of the molecule is C(=Nc1nc2ccccc2n1CC[NH+]1CCCCC1)c1nc2ccccc2n1Cc1ccccc1. The van der Waals surface area contributed by atoms with Crippen LogP contribution in [0, 0.1) is 0 Å². The van der Waals surface area contributed by atoms with Crippen LogP contribution in [0.2, 0.25) is 0 Å². The number of aliphatic imine (C=N–C) groups is 1. The van der Waals surface area contributed by atoms with Gasteiger partial charge in [0.1, 0.15) is 0 Å². The highest BCUT2D eigenvalue weighted by Crippen LogP contribution is 2.22. The fourth-order valence-corrected chi connectivity index (χ4v) is 5.19. The molecule has 0 atom stereocenters. The topological polar surface area (TPSA) is 52.4 Å². The van der Waals surface area contributed by atoms with Gasteiger partial charge in [-0.2, -0.15) is 0 Å². The van der Waals surface area contributed by atoms with Crippen molar-refractivity contribution in [2.24, 2.45) is 4.99 Å². The highest BCUT2D eigenvalue weighted by molar-refractivity contribution is 5.87. The molecule has 1 fully saturated rings. The molecule has 0 bridgehead atoms. The third-order valence-electron chi connectivity index (χ3n) is 7.05. The van der Waals surface area contributed by atoms with E-state index in [1.165, 1.54) is 37.9 Å². The molecule has 1 aliphatic heterocycles. The van der Waals surface area contributed by atoms with E-state index >= 15 is 0 Å². The van der Waals surface area contributed by atoms with Crippen molar-refractivity contribution in [3.05, 3.63) is 90.3 Å². The normalized spacial score (nSPS) is 15.0. The zero-order valence-electron chi connectivity index (χ0n) is 20.0. The summed E-state index contributed by atoms with van der Waals surface area (Å²) >= 11 is 0. The third kappa shape index (κ3) is 4.62. The smallest absolute Gasteiger partial charge is 0.230 e. The number of nitrogens with zero attached hydrogens (tertiary/aromatic N) is 5. The molecule has 3 aromatic carbocycles. The van der Waals surface area contributed by atoms with Crippen molar-refractivity contribution in [3.8, 4) is 0 Å². The van der Waals surface area contributed by atoms with Gasteiger partial charge in [-0.1, -0.05) is 54.6 Å². The van der Waals surface area contributed by atoms with Crippen molar-refractivity contribution < 1.29 is 4.90 Å². The Morgan fingerprint density at radius 3 is 2.17 bits per heavy atom. The van der Waals surface area contributed by atoms with Crippen LogP contribution in [0.1, 0.15) is 30.7 Å². The minimum atomic E-state index is 0.747. The average Bonchev–Trinajstić information content (AvgIpc) is 3.45. The molecule has 176 valence electrons. The monoisotopic (exact) mass is 463 g/mol. The van der Waals surface area contributed by atoms with Crippen LogP contribution in [0.4, 0.5) is 5.95 Å². The van der Waals surface area contributed by atoms with Crippen molar-refractivity contribution in [2.75, 3.05) is 19.6 Å². The average molecular weight is 464 g/mol. The van der Waals surface area contributed by atoms with Crippen LogP contribution in [-0.2, 0) is 13.1 Å². The number of likely N-dealkylation sites (tertiary alicyclic amines) is 1. The maximum absolute atomic E-state index is 4.91. The second-order valence-corrected chi connectivity index (χ2v) is 9.40. The van der Waals surface area contributed by atoms with Crippen molar-refractivity contribution in [3.63, 3.8) is 0 Å². The van der Waals surface area contributed by atoms with Gasteiger partial charge in [0, 0.05) is 6.54 Å². The second kappa shape index (κ2) is 9.84. The van der Waals surface area contributed by atoms with Gasteiger partial charge in [0.05, 0.1) is 54.5 Å². The quantitative estimate of drug-likeness (QED) is 0.367. The number of fused-ring (bicyclic) bond motifs is 2. The molecule has 0 radical (unpaired) electrons. The minimum Gasteiger partial charge on any atom is -0.333 e. The first kappa shape index (κ1) is 21.7. The number of quaternary nitrogens is 1. The molecule has 6 nitrogen and oxygen atoms in total. The van der Waals surface area contributed by atoms with Crippen LogP contribution < -0.4 is 4.90 Å². The summed E-state index contributed by atoms with van der Waals surface area (Å²) in [5.74, 6) is 1.59. The van der Waals surface area contributed by atoms with Gasteiger partial charge in [-0.3, -0.25) is 0 Å². The van der Waals surface area contributed by atoms with Crippen LogP contribution in [-0.4, -0.2) is 45.0 Å². The number of rotatable bonds is 7. The molecular weight excluding hydrogens is 432 g/mol. The van der Waals surface area contributed by atoms with Crippen LogP contribution in [0.3, 0.4) is 0 Å². The lowest BCUT2D eigenvalue weighted by atomic mass is 10.1. The van der Waals surface area contributed by atoms with E-state index in [9.17, 15) is 0 Å². The molecule has 1 aliphatic rings. The van der Waals surface area contributed by atoms with Gasteiger partial charge in [-0.25, -0.2) is 15.0 Å². The Bertz CT molecular complexity index is 1460. The van der Waals surface area contributed by atoms with Crippen LogP contribution in [0.25, 0.3) is 22.1 Å². The number of hydrogen-bond acceptors (Lipinski definition) is 3. The molecule has 0 saturated carbocycles. The van der Waals surface area contributed by atoms with Gasteiger partial charge in [0.15, 0.2) is 5.82 Å². The van der Waals surface area contributed by atoms with Crippen LogP contribution in [0.5, 0.6) is 0 Å². The molecule has 3 heterocycles. The summed E-state index contributed by atoms with van der Waals surface area (Å²) in [5.41, 5.74) is 5.47. The largest absolute Gasteiger partial charge is 0.333 e. The van der Waals surface area contributed by atoms with Crippen molar-refractivity contribution in [1.82, 2.24) is 19.1 Å². The van der Waals surface area contributed by atoms with E-state index in [0.717, 1.165) is 53.5 Å². The molecule has 0 unspecified atom stereocenters. The van der Waals surface area contributed by atoms with E-state index in [1.54, 1.807) is 4.90 Å². The standard InChI is InChI=1S/C29H30N6/c1-3-11-23(12-4-1)22-35-27-16-8-5-13-24(27)31-28(35)21-30-29-32-25-14-6-7-15-26(25)34(29)20-19-33-17-9-2-10-18-33/h1,3-8,11-16,21H,2,9-10,17-20,22H2/p+1. The summed E-state index contributed by atoms with van der Waals surface area (Å²) < 4.78 is 4.51. The summed E-state index contributed by atoms with van der Waals surface area (Å²) in [6, 6.07) is 27.1. The number of hydrogen-bond donors (Lipinski definition) is 1. The molecule has 6 heteroatoms. The highest BCUT2D eigenvalue weighted by atomic mass is 15.2. The van der Waals surface area contributed by atoms with E-state index in [0.29, 0.717) is 0 Å². The number of benzene rings is 3. The first-order chi connectivity index (χ1) is 17.3. The van der Waals surface area contributed by atoms with Gasteiger partial charge in [-0.15, -0.1) is 0 Å². The van der Waals surface area contributed by atoms with Crippen molar-refractivity contribution >= 4 is 34.2 Å². The lowest BCUT2D eigenvalue weighted by Gasteiger charge is -2.23. The molecule has 35 heavy (non-hydrogen) atoms.